The molecule has 0 unspecified atom stereocenters. The number of aliphatic hydroxyl groups is 3. The molecule has 1 aliphatic carbocycles. The van der Waals surface area contributed by atoms with Gasteiger partial charge in [-0.15, -0.1) is 0 Å². The molecular formula is C45H67NO13. The van der Waals surface area contributed by atoms with Crippen molar-refractivity contribution in [3.05, 3.63) is 70.9 Å². The first-order valence-electron chi connectivity index (χ1n) is 20.5. The van der Waals surface area contributed by atoms with Crippen molar-refractivity contribution in [3.8, 4) is 0 Å². The van der Waals surface area contributed by atoms with Gasteiger partial charge in [0.2, 0.25) is 11.7 Å². The third-order valence-electron chi connectivity index (χ3n) is 11.8. The highest BCUT2D eigenvalue weighted by molar-refractivity contribution is 6.04. The monoisotopic (exact) mass is 829 g/mol. The minimum Gasteiger partial charge on any atom is -0.510 e. The minimum absolute atomic E-state index is 0.00964. The molecule has 14 heteroatoms. The summed E-state index contributed by atoms with van der Waals surface area (Å²) in [5.74, 6) is -6.84. The van der Waals surface area contributed by atoms with Gasteiger partial charge in [0, 0.05) is 69.3 Å². The van der Waals surface area contributed by atoms with Gasteiger partial charge in [0.1, 0.15) is 29.8 Å². The van der Waals surface area contributed by atoms with Gasteiger partial charge in [-0.2, -0.15) is 0 Å². The average molecular weight is 830 g/mol. The Morgan fingerprint density at radius 1 is 1.02 bits per heavy atom. The van der Waals surface area contributed by atoms with E-state index in [1.54, 1.807) is 32.1 Å². The minimum atomic E-state index is -1.49. The summed E-state index contributed by atoms with van der Waals surface area (Å²) in [4.78, 5) is 51.4. The molecule has 12 atom stereocenters. The number of hydrogen-bond donors (Lipinski definition) is 4. The number of amides is 1. The Labute approximate surface area is 349 Å². The predicted molar refractivity (Wildman–Crippen MR) is 220 cm³/mol. The van der Waals surface area contributed by atoms with Gasteiger partial charge in [-0.25, -0.2) is 9.59 Å². The molecule has 0 bridgehead atoms. The van der Waals surface area contributed by atoms with Crippen molar-refractivity contribution >= 4 is 23.6 Å². The summed E-state index contributed by atoms with van der Waals surface area (Å²) in [6.45, 7) is 17.0. The maximum Gasteiger partial charge on any atom is 0.373 e. The molecule has 0 aromatic rings. The van der Waals surface area contributed by atoms with Crippen LogP contribution in [0.25, 0.3) is 0 Å². The summed E-state index contributed by atoms with van der Waals surface area (Å²) in [5, 5.41) is 35.5. The largest absolute Gasteiger partial charge is 0.510 e. The second kappa shape index (κ2) is 22.0. The Hall–Kier alpha value is -4.08. The number of ether oxygens (including phenoxy) is 6. The van der Waals surface area contributed by atoms with Crippen LogP contribution in [0.15, 0.2) is 70.9 Å². The summed E-state index contributed by atoms with van der Waals surface area (Å²) in [5.41, 5.74) is 1.53. The molecule has 0 aromatic carbocycles. The Bertz CT molecular complexity index is 1690. The van der Waals surface area contributed by atoms with Gasteiger partial charge in [-0.05, 0) is 38.2 Å². The number of hydrogen-bond acceptors (Lipinski definition) is 13. The molecule has 59 heavy (non-hydrogen) atoms. The van der Waals surface area contributed by atoms with E-state index in [0.717, 1.165) is 17.7 Å². The number of ketones is 1. The van der Waals surface area contributed by atoms with E-state index >= 15 is 0 Å². The maximum absolute atomic E-state index is 13.8. The number of carbonyl (C=O) groups is 4. The topological polar surface area (TPSA) is 196 Å². The van der Waals surface area contributed by atoms with Crippen molar-refractivity contribution in [1.82, 2.24) is 5.32 Å². The van der Waals surface area contributed by atoms with Crippen molar-refractivity contribution in [1.29, 1.82) is 0 Å². The van der Waals surface area contributed by atoms with Crippen LogP contribution in [0.1, 0.15) is 88.0 Å². The van der Waals surface area contributed by atoms with Crippen molar-refractivity contribution in [2.24, 2.45) is 35.5 Å². The van der Waals surface area contributed by atoms with E-state index in [2.05, 4.69) is 5.32 Å². The van der Waals surface area contributed by atoms with E-state index in [1.165, 1.54) is 21.3 Å². The molecule has 1 amide bonds. The van der Waals surface area contributed by atoms with Crippen LogP contribution in [-0.2, 0) is 47.6 Å². The summed E-state index contributed by atoms with van der Waals surface area (Å²) < 4.78 is 36.3. The fourth-order valence-electron chi connectivity index (χ4n) is 8.25. The van der Waals surface area contributed by atoms with E-state index in [9.17, 15) is 34.5 Å². The van der Waals surface area contributed by atoms with E-state index < -0.39 is 77.9 Å². The lowest BCUT2D eigenvalue weighted by Crippen LogP contribution is -2.60. The second-order valence-electron chi connectivity index (χ2n) is 16.7. The van der Waals surface area contributed by atoms with Gasteiger partial charge < -0.3 is 49.1 Å². The molecule has 0 saturated carbocycles. The fraction of sp³-hybridized carbons (Fsp3) is 0.644. The molecule has 3 aliphatic rings. The quantitative estimate of drug-likeness (QED) is 0.138. The third-order valence-corrected chi connectivity index (χ3v) is 11.8. The molecule has 2 heterocycles. The van der Waals surface area contributed by atoms with E-state index in [4.69, 9.17) is 28.4 Å². The van der Waals surface area contributed by atoms with Crippen LogP contribution in [0.2, 0.25) is 0 Å². The Kier molecular flexibility index (Phi) is 18.3. The molecule has 330 valence electrons. The number of nitrogens with one attached hydrogen (secondary N) is 1. The second-order valence-corrected chi connectivity index (χ2v) is 16.7. The third kappa shape index (κ3) is 12.7. The van der Waals surface area contributed by atoms with Crippen molar-refractivity contribution in [2.45, 2.75) is 130 Å². The normalized spacial score (nSPS) is 35.1. The van der Waals surface area contributed by atoms with Crippen molar-refractivity contribution in [2.75, 3.05) is 21.3 Å². The first-order valence-corrected chi connectivity index (χ1v) is 20.5. The Morgan fingerprint density at radius 2 is 1.69 bits per heavy atom. The first kappa shape index (κ1) is 49.3. The number of rotatable bonds is 12. The molecular weight excluding hydrogens is 762 g/mol. The molecule has 2 aliphatic heterocycles. The van der Waals surface area contributed by atoms with Gasteiger partial charge in [0.25, 0.3) is 0 Å². The Morgan fingerprint density at radius 3 is 2.27 bits per heavy atom. The zero-order chi connectivity index (χ0) is 44.4. The zero-order valence-electron chi connectivity index (χ0n) is 36.7. The van der Waals surface area contributed by atoms with Gasteiger partial charge in [0.05, 0.1) is 25.4 Å². The summed E-state index contributed by atoms with van der Waals surface area (Å²) in [7, 11) is 4.29. The number of methoxy groups -OCH3 is 3. The molecule has 0 radical (unpaired) electrons. The van der Waals surface area contributed by atoms with E-state index in [0.29, 0.717) is 12.0 Å². The highest BCUT2D eigenvalue weighted by Gasteiger charge is 2.54. The van der Waals surface area contributed by atoms with Crippen LogP contribution in [0.3, 0.4) is 0 Å². The number of Topliss-reactive ketones (excluding diaryl/α,β-unsaturated/α-hetero) is 1. The summed E-state index contributed by atoms with van der Waals surface area (Å²) >= 11 is 0. The number of carbonyl (C=O) groups excluding carboxylic acids is 4. The molecule has 0 aromatic heterocycles. The molecule has 1 saturated heterocycles. The first-order chi connectivity index (χ1) is 27.7. The van der Waals surface area contributed by atoms with Crippen LogP contribution in [-0.4, -0.2) is 103 Å². The lowest BCUT2D eigenvalue weighted by molar-refractivity contribution is -0.339. The molecule has 3 rings (SSSR count). The zero-order valence-corrected chi connectivity index (χ0v) is 36.7. The molecule has 14 nitrogen and oxygen atoms in total. The van der Waals surface area contributed by atoms with E-state index in [-0.39, 0.29) is 60.1 Å². The van der Waals surface area contributed by atoms with Crippen LogP contribution >= 0.6 is 0 Å². The molecule has 0 spiro atoms. The predicted octanol–water partition coefficient (Wildman–Crippen LogP) is 5.70. The summed E-state index contributed by atoms with van der Waals surface area (Å²) in [6, 6.07) is 0. The number of esters is 2. The van der Waals surface area contributed by atoms with Crippen LogP contribution in [0.4, 0.5) is 0 Å². The number of aliphatic hydroxyl groups excluding tert-OH is 3. The van der Waals surface area contributed by atoms with Crippen LogP contribution in [0, 0.1) is 35.5 Å². The van der Waals surface area contributed by atoms with E-state index in [1.807, 2.05) is 60.6 Å². The lowest BCUT2D eigenvalue weighted by Gasteiger charge is -2.51. The number of cyclic esters (lactones) is 1. The molecule has 4 N–H and O–H groups in total. The molecule has 1 fully saturated rings. The SMILES string of the molecule is CO/C1=C/C(C)=C\[C@@H](C)[C@@H](O)[C@@H](C)C/C(C)=C\C=C/[C@H](OC)[C@@H]([C@@H](C)[C@@H](O)[C@H](C)[C@@]2(OC)C[C@@H](OC(=O)/C=C/C(=O)NC3=C(O)CCC3=O)[C@H](C)[C@@H](C(C)C)O2)OC1=O. The van der Waals surface area contributed by atoms with Crippen LogP contribution < -0.4 is 5.32 Å². The van der Waals surface area contributed by atoms with Crippen LogP contribution in [0.5, 0.6) is 0 Å². The van der Waals surface area contributed by atoms with Crippen molar-refractivity contribution in [3.63, 3.8) is 0 Å². The Balaban J connectivity index is 1.96. The van der Waals surface area contributed by atoms with Gasteiger partial charge >= 0.3 is 11.9 Å². The highest BCUT2D eigenvalue weighted by Crippen LogP contribution is 2.44. The number of allylic oxidation sites excluding steroid dienone is 7. The van der Waals surface area contributed by atoms with Gasteiger partial charge in [-0.1, -0.05) is 83.9 Å². The average Bonchev–Trinajstić information content (AvgIpc) is 3.51. The van der Waals surface area contributed by atoms with Gasteiger partial charge in [-0.3, -0.25) is 9.59 Å². The fourth-order valence-corrected chi connectivity index (χ4v) is 8.25. The van der Waals surface area contributed by atoms with Crippen molar-refractivity contribution < 1.29 is 62.9 Å². The summed E-state index contributed by atoms with van der Waals surface area (Å²) in [6.07, 6.45) is 6.62. The maximum atomic E-state index is 13.8. The smallest absolute Gasteiger partial charge is 0.373 e. The van der Waals surface area contributed by atoms with Gasteiger partial charge in [0.15, 0.2) is 11.6 Å². The highest BCUT2D eigenvalue weighted by atomic mass is 16.7. The standard InChI is InChI=1S/C45H67NO13/c1-24(2)42-29(7)36(57-38(50)19-18-37(49)46-39-32(47)16-17-33(39)48)23-45(56-12,59-42)31(9)41(52)30(8)43-34(54-10)15-13-14-25(3)20-27(5)40(51)28(6)21-26(4)22-35(55-11)44(53)58-43/h13-15,18-19,21-22,24,27-31,34,36,40-43,47,51-52H,16-17,20,23H2,1-12H3,(H,46,49)/b15-13-,19-18+,25-14-,26-21-,35-22+/t27-,28+,29-,30-,31-,34-,36+,40-,41+,42+,43+,45+/m0/s1. The lowest BCUT2D eigenvalue weighted by atomic mass is 9.76.